The second-order valence-corrected chi connectivity index (χ2v) is 9.50. The zero-order valence-corrected chi connectivity index (χ0v) is 21.3. The second-order valence-electron chi connectivity index (χ2n) is 9.50. The summed E-state index contributed by atoms with van der Waals surface area (Å²) in [6, 6.07) is 21.1. The van der Waals surface area contributed by atoms with Crippen LogP contribution >= 0.6 is 0 Å². The van der Waals surface area contributed by atoms with E-state index in [2.05, 4.69) is 47.6 Å². The van der Waals surface area contributed by atoms with Crippen LogP contribution in [0.5, 0.6) is 0 Å². The summed E-state index contributed by atoms with van der Waals surface area (Å²) < 4.78 is 15.3. The molecule has 0 aliphatic heterocycles. The Balaban J connectivity index is 1.23. The van der Waals surface area contributed by atoms with Gasteiger partial charge in [-0.05, 0) is 41.5 Å². The average Bonchev–Trinajstić information content (AvgIpc) is 3.61. The number of benzene rings is 2. The van der Waals surface area contributed by atoms with Crippen LogP contribution in [0.15, 0.2) is 97.7 Å². The summed E-state index contributed by atoms with van der Waals surface area (Å²) in [5.41, 5.74) is 7.70. The molecule has 9 heteroatoms. The van der Waals surface area contributed by atoms with Gasteiger partial charge in [-0.15, -0.1) is 0 Å². The normalized spacial score (nSPS) is 11.4. The number of hydrogen-bond donors (Lipinski definition) is 3. The third kappa shape index (κ3) is 4.48. The summed E-state index contributed by atoms with van der Waals surface area (Å²) in [4.78, 5) is 21.2. The molecule has 0 bridgehead atoms. The average molecular weight is 527 g/mol. The lowest BCUT2D eigenvalue weighted by Crippen LogP contribution is -2.12. The van der Waals surface area contributed by atoms with E-state index in [4.69, 9.17) is 4.98 Å². The molecule has 0 fully saturated rings. The topological polar surface area (TPSA) is 108 Å². The number of aromatic nitrogens is 7. The zero-order chi connectivity index (χ0) is 26.9. The molecule has 7 rings (SSSR count). The van der Waals surface area contributed by atoms with E-state index < -0.39 is 0 Å². The van der Waals surface area contributed by atoms with Crippen molar-refractivity contribution in [2.75, 3.05) is 0 Å². The molecule has 0 radical (unpaired) electrons. The zero-order valence-electron chi connectivity index (χ0n) is 21.3. The largest absolute Gasteiger partial charge is 0.336 e. The number of pyridine rings is 3. The van der Waals surface area contributed by atoms with Crippen molar-refractivity contribution in [1.82, 2.24) is 40.4 Å². The molecule has 3 N–H and O–H groups in total. The first-order valence-corrected chi connectivity index (χ1v) is 12.8. The van der Waals surface area contributed by atoms with Crippen molar-refractivity contribution in [3.63, 3.8) is 0 Å². The van der Waals surface area contributed by atoms with Gasteiger partial charge in [-0.1, -0.05) is 30.3 Å². The highest BCUT2D eigenvalue weighted by Gasteiger charge is 2.18. The minimum Gasteiger partial charge on any atom is -0.336 e. The third-order valence-corrected chi connectivity index (χ3v) is 6.84. The van der Waals surface area contributed by atoms with Crippen LogP contribution in [0, 0.1) is 5.82 Å². The van der Waals surface area contributed by atoms with E-state index in [1.54, 1.807) is 37.1 Å². The molecule has 2 aromatic carbocycles. The number of H-pyrrole nitrogens is 2. The lowest BCUT2D eigenvalue weighted by atomic mass is 10.0. The fourth-order valence-electron chi connectivity index (χ4n) is 4.89. The maximum absolute atomic E-state index is 15.3. The Hall–Kier alpha value is -5.28. The Labute approximate surface area is 228 Å². The Morgan fingerprint density at radius 2 is 1.60 bits per heavy atom. The van der Waals surface area contributed by atoms with Crippen molar-refractivity contribution in [3.8, 4) is 33.9 Å². The van der Waals surface area contributed by atoms with Crippen LogP contribution in [-0.4, -0.2) is 35.1 Å². The van der Waals surface area contributed by atoms with Gasteiger partial charge < -0.3 is 10.3 Å². The molecule has 8 nitrogen and oxygen atoms in total. The molecule has 40 heavy (non-hydrogen) atoms. The van der Waals surface area contributed by atoms with Gasteiger partial charge in [0, 0.05) is 72.2 Å². The number of fused-ring (bicyclic) bond motifs is 2. The third-order valence-electron chi connectivity index (χ3n) is 6.84. The van der Waals surface area contributed by atoms with Gasteiger partial charge in [0.15, 0.2) is 5.82 Å². The van der Waals surface area contributed by atoms with E-state index in [0.717, 1.165) is 39.8 Å². The van der Waals surface area contributed by atoms with Gasteiger partial charge in [-0.25, -0.2) is 9.37 Å². The standard InChI is InChI=1S/C31H23FN8/c32-25-14-27-24(13-23(25)22-12-20(17-35-18-22)16-34-15-19-4-2-1-3-5-19)29(40-39-27)31-37-26-8-11-36-28(30(26)38-31)21-6-9-33-10-7-21/h1-14,17-18,34H,15-16H2,(H,37,38)(H,39,40). The highest BCUT2D eigenvalue weighted by atomic mass is 19.1. The van der Waals surface area contributed by atoms with Gasteiger partial charge in [0.1, 0.15) is 17.0 Å². The molecule has 7 aromatic rings. The first-order valence-electron chi connectivity index (χ1n) is 12.8. The Kier molecular flexibility index (Phi) is 6.02. The van der Waals surface area contributed by atoms with E-state index in [9.17, 15) is 0 Å². The SMILES string of the molecule is Fc1cc2[nH]nc(-c3nc4c(-c5ccncc5)nccc4[nH]3)c2cc1-c1cncc(CNCc2ccccc2)c1. The Morgan fingerprint density at radius 3 is 2.48 bits per heavy atom. The van der Waals surface area contributed by atoms with Crippen LogP contribution in [0.4, 0.5) is 4.39 Å². The molecule has 5 heterocycles. The highest BCUT2D eigenvalue weighted by Crippen LogP contribution is 2.33. The Bertz CT molecular complexity index is 1950. The number of nitrogens with one attached hydrogen (secondary N) is 3. The van der Waals surface area contributed by atoms with Gasteiger partial charge in [-0.2, -0.15) is 5.10 Å². The lowest BCUT2D eigenvalue weighted by molar-refractivity contribution is 0.632. The minimum atomic E-state index is -0.354. The van der Waals surface area contributed by atoms with Crippen LogP contribution in [0.2, 0.25) is 0 Å². The van der Waals surface area contributed by atoms with Gasteiger partial charge in [0.2, 0.25) is 0 Å². The maximum Gasteiger partial charge on any atom is 0.159 e. The summed E-state index contributed by atoms with van der Waals surface area (Å²) in [6.07, 6.45) is 8.67. The number of hydrogen-bond acceptors (Lipinski definition) is 6. The van der Waals surface area contributed by atoms with Crippen molar-refractivity contribution < 1.29 is 4.39 Å². The van der Waals surface area contributed by atoms with Crippen LogP contribution in [-0.2, 0) is 13.1 Å². The van der Waals surface area contributed by atoms with Crippen molar-refractivity contribution >= 4 is 21.9 Å². The van der Waals surface area contributed by atoms with Gasteiger partial charge in [-0.3, -0.25) is 20.1 Å². The summed E-state index contributed by atoms with van der Waals surface area (Å²) in [6.45, 7) is 1.35. The van der Waals surface area contributed by atoms with E-state index in [1.807, 2.05) is 42.5 Å². The monoisotopic (exact) mass is 526 g/mol. The fourth-order valence-corrected chi connectivity index (χ4v) is 4.89. The molecule has 0 unspecified atom stereocenters. The molecule has 0 aliphatic rings. The van der Waals surface area contributed by atoms with Crippen molar-refractivity contribution in [1.29, 1.82) is 0 Å². The molecule has 0 saturated heterocycles. The summed E-state index contributed by atoms with van der Waals surface area (Å²) >= 11 is 0. The van der Waals surface area contributed by atoms with E-state index >= 15 is 4.39 Å². The minimum absolute atomic E-state index is 0.354. The smallest absolute Gasteiger partial charge is 0.159 e. The van der Waals surface area contributed by atoms with E-state index in [0.29, 0.717) is 34.7 Å². The van der Waals surface area contributed by atoms with Crippen molar-refractivity contribution in [2.45, 2.75) is 13.1 Å². The molecular weight excluding hydrogens is 503 g/mol. The molecule has 0 spiro atoms. The summed E-state index contributed by atoms with van der Waals surface area (Å²) in [5.74, 6) is 0.215. The van der Waals surface area contributed by atoms with Crippen molar-refractivity contribution in [3.05, 3.63) is 115 Å². The predicted molar refractivity (Wildman–Crippen MR) is 152 cm³/mol. The lowest BCUT2D eigenvalue weighted by Gasteiger charge is -2.08. The first-order chi connectivity index (χ1) is 19.7. The number of imidazole rings is 1. The number of halogens is 1. The van der Waals surface area contributed by atoms with Gasteiger partial charge in [0.25, 0.3) is 0 Å². The van der Waals surface area contributed by atoms with E-state index in [1.165, 1.54) is 11.6 Å². The molecule has 0 saturated carbocycles. The predicted octanol–water partition coefficient (Wildman–Crippen LogP) is 6.05. The molecule has 0 aliphatic carbocycles. The number of aromatic amines is 2. The summed E-state index contributed by atoms with van der Waals surface area (Å²) in [7, 11) is 0. The maximum atomic E-state index is 15.3. The quantitative estimate of drug-likeness (QED) is 0.233. The Morgan fingerprint density at radius 1 is 0.750 bits per heavy atom. The molecule has 0 amide bonds. The van der Waals surface area contributed by atoms with Crippen LogP contribution in [0.25, 0.3) is 55.8 Å². The molecular formula is C31H23FN8. The molecule has 5 aromatic heterocycles. The highest BCUT2D eigenvalue weighted by molar-refractivity contribution is 5.97. The van der Waals surface area contributed by atoms with Crippen LogP contribution < -0.4 is 5.32 Å². The van der Waals surface area contributed by atoms with Crippen LogP contribution in [0.3, 0.4) is 0 Å². The van der Waals surface area contributed by atoms with Crippen LogP contribution in [0.1, 0.15) is 11.1 Å². The van der Waals surface area contributed by atoms with Gasteiger partial charge >= 0.3 is 0 Å². The second kappa shape index (κ2) is 10.1. The number of rotatable bonds is 7. The number of nitrogens with zero attached hydrogens (tertiary/aromatic N) is 5. The van der Waals surface area contributed by atoms with Gasteiger partial charge in [0.05, 0.1) is 16.7 Å². The first kappa shape index (κ1) is 23.8. The van der Waals surface area contributed by atoms with E-state index in [-0.39, 0.29) is 5.82 Å². The van der Waals surface area contributed by atoms with Crippen molar-refractivity contribution in [2.24, 2.45) is 0 Å². The molecule has 194 valence electrons. The molecule has 0 atom stereocenters. The fraction of sp³-hybridized carbons (Fsp3) is 0.0645. The summed E-state index contributed by atoms with van der Waals surface area (Å²) in [5, 5.41) is 11.6.